The van der Waals surface area contributed by atoms with E-state index in [0.717, 1.165) is 5.56 Å². The molecule has 0 amide bonds. The largest absolute Gasteiger partial charge is 0.330 e. The van der Waals surface area contributed by atoms with E-state index in [9.17, 15) is 8.78 Å². The van der Waals surface area contributed by atoms with Gasteiger partial charge in [-0.2, -0.15) is 0 Å². The minimum absolute atomic E-state index is 0.0724. The predicted octanol–water partition coefficient (Wildman–Crippen LogP) is 2.96. The van der Waals surface area contributed by atoms with E-state index < -0.39 is 12.3 Å². The molecule has 1 aromatic carbocycles. The van der Waals surface area contributed by atoms with Crippen LogP contribution in [0.1, 0.15) is 17.0 Å². The van der Waals surface area contributed by atoms with Gasteiger partial charge in [0.2, 0.25) is 6.43 Å². The van der Waals surface area contributed by atoms with Crippen LogP contribution in [-0.4, -0.2) is 13.0 Å². The summed E-state index contributed by atoms with van der Waals surface area (Å²) in [6.07, 6.45) is -2.45. The van der Waals surface area contributed by atoms with Crippen LogP contribution in [0.3, 0.4) is 0 Å². The number of hydrogen-bond acceptors (Lipinski definition) is 1. The van der Waals surface area contributed by atoms with Crippen molar-refractivity contribution in [2.75, 3.05) is 6.54 Å². The fraction of sp³-hybridized carbons (Fsp3) is 0.400. The maximum atomic E-state index is 12.5. The smallest absolute Gasteiger partial charge is 0.246 e. The van der Waals surface area contributed by atoms with Gasteiger partial charge in [-0.25, -0.2) is 8.78 Å². The maximum absolute atomic E-state index is 12.5. The average molecular weight is 220 g/mol. The van der Waals surface area contributed by atoms with E-state index in [2.05, 4.69) is 0 Å². The molecule has 0 fully saturated rings. The van der Waals surface area contributed by atoms with Crippen LogP contribution in [0.2, 0.25) is 5.02 Å². The van der Waals surface area contributed by atoms with Crippen molar-refractivity contribution in [2.45, 2.75) is 19.3 Å². The van der Waals surface area contributed by atoms with Gasteiger partial charge in [-0.15, -0.1) is 0 Å². The summed E-state index contributed by atoms with van der Waals surface area (Å²) in [5, 5.41) is 0.501. The Balaban J connectivity index is 3.00. The lowest BCUT2D eigenvalue weighted by Gasteiger charge is -2.14. The molecule has 0 saturated heterocycles. The van der Waals surface area contributed by atoms with Gasteiger partial charge in [-0.3, -0.25) is 0 Å². The van der Waals surface area contributed by atoms with Gasteiger partial charge < -0.3 is 5.73 Å². The zero-order valence-corrected chi connectivity index (χ0v) is 8.56. The molecule has 0 heterocycles. The molecule has 0 bridgehead atoms. The van der Waals surface area contributed by atoms with Crippen LogP contribution >= 0.6 is 11.6 Å². The van der Waals surface area contributed by atoms with E-state index >= 15 is 0 Å². The van der Waals surface area contributed by atoms with Crippen molar-refractivity contribution in [1.29, 1.82) is 0 Å². The molecule has 1 rings (SSSR count). The van der Waals surface area contributed by atoms with Crippen molar-refractivity contribution in [1.82, 2.24) is 0 Å². The lowest BCUT2D eigenvalue weighted by atomic mass is 9.99. The van der Waals surface area contributed by atoms with Crippen LogP contribution in [0.15, 0.2) is 18.2 Å². The Kier molecular flexibility index (Phi) is 3.84. The summed E-state index contributed by atoms with van der Waals surface area (Å²) in [6.45, 7) is 1.75. The fourth-order valence-corrected chi connectivity index (χ4v) is 1.41. The van der Waals surface area contributed by atoms with Gasteiger partial charge in [0.1, 0.15) is 0 Å². The summed E-state index contributed by atoms with van der Waals surface area (Å²) in [4.78, 5) is 0. The first-order valence-electron chi connectivity index (χ1n) is 4.30. The van der Waals surface area contributed by atoms with Gasteiger partial charge in [-0.1, -0.05) is 23.7 Å². The number of halogens is 3. The summed E-state index contributed by atoms with van der Waals surface area (Å²) in [5.74, 6) is -0.923. The molecule has 0 radical (unpaired) electrons. The van der Waals surface area contributed by atoms with E-state index in [1.807, 2.05) is 6.92 Å². The Morgan fingerprint density at radius 1 is 1.43 bits per heavy atom. The molecule has 1 nitrogen and oxygen atoms in total. The van der Waals surface area contributed by atoms with Crippen LogP contribution < -0.4 is 5.73 Å². The van der Waals surface area contributed by atoms with Gasteiger partial charge in [0.15, 0.2) is 0 Å². The summed E-state index contributed by atoms with van der Waals surface area (Å²) in [7, 11) is 0. The third kappa shape index (κ3) is 2.42. The summed E-state index contributed by atoms with van der Waals surface area (Å²) in [6, 6.07) is 4.92. The van der Waals surface area contributed by atoms with Crippen LogP contribution in [0.25, 0.3) is 0 Å². The standard InChI is InChI=1S/C10H12ClF2N/c1-6-2-3-7(4-9(6)11)8(5-14)10(12)13/h2-4,8,10H,5,14H2,1H3. The highest BCUT2D eigenvalue weighted by molar-refractivity contribution is 6.31. The lowest BCUT2D eigenvalue weighted by Crippen LogP contribution is -2.19. The minimum Gasteiger partial charge on any atom is -0.330 e. The van der Waals surface area contributed by atoms with Crippen molar-refractivity contribution < 1.29 is 8.78 Å². The molecule has 0 aliphatic heterocycles. The van der Waals surface area contributed by atoms with Gasteiger partial charge in [0.25, 0.3) is 0 Å². The molecule has 1 unspecified atom stereocenters. The number of benzene rings is 1. The maximum Gasteiger partial charge on any atom is 0.246 e. The summed E-state index contributed by atoms with van der Waals surface area (Å²) < 4.78 is 25.0. The van der Waals surface area contributed by atoms with Crippen LogP contribution in [-0.2, 0) is 0 Å². The Morgan fingerprint density at radius 2 is 2.07 bits per heavy atom. The number of alkyl halides is 2. The van der Waals surface area contributed by atoms with Crippen molar-refractivity contribution in [3.8, 4) is 0 Å². The Labute approximate surface area is 86.9 Å². The second kappa shape index (κ2) is 4.71. The van der Waals surface area contributed by atoms with Crippen LogP contribution in [0, 0.1) is 6.92 Å². The highest BCUT2D eigenvalue weighted by Crippen LogP contribution is 2.26. The minimum atomic E-state index is -2.45. The molecule has 0 aromatic heterocycles. The average Bonchev–Trinajstić information content (AvgIpc) is 2.11. The molecule has 0 aliphatic carbocycles. The molecule has 2 N–H and O–H groups in total. The van der Waals surface area contributed by atoms with Gasteiger partial charge >= 0.3 is 0 Å². The second-order valence-electron chi connectivity index (χ2n) is 3.19. The topological polar surface area (TPSA) is 26.0 Å². The molecule has 1 aromatic rings. The van der Waals surface area contributed by atoms with Gasteiger partial charge in [0.05, 0.1) is 5.92 Å². The molecule has 0 aliphatic rings. The third-order valence-electron chi connectivity index (χ3n) is 2.18. The number of aryl methyl sites for hydroxylation is 1. The number of hydrogen-bond donors (Lipinski definition) is 1. The van der Waals surface area contributed by atoms with Gasteiger partial charge in [-0.05, 0) is 24.1 Å². The second-order valence-corrected chi connectivity index (χ2v) is 3.59. The van der Waals surface area contributed by atoms with E-state index in [4.69, 9.17) is 17.3 Å². The van der Waals surface area contributed by atoms with E-state index in [1.165, 1.54) is 0 Å². The molecule has 4 heteroatoms. The fourth-order valence-electron chi connectivity index (χ4n) is 1.22. The highest BCUT2D eigenvalue weighted by Gasteiger charge is 2.20. The first-order valence-corrected chi connectivity index (χ1v) is 4.68. The number of nitrogens with two attached hydrogens (primary N) is 1. The molecule has 0 saturated carbocycles. The van der Waals surface area contributed by atoms with E-state index in [-0.39, 0.29) is 6.54 Å². The zero-order valence-electron chi connectivity index (χ0n) is 7.81. The van der Waals surface area contributed by atoms with Crippen LogP contribution in [0.5, 0.6) is 0 Å². The van der Waals surface area contributed by atoms with Crippen molar-refractivity contribution in [3.05, 3.63) is 34.3 Å². The number of rotatable bonds is 3. The SMILES string of the molecule is Cc1ccc(C(CN)C(F)F)cc1Cl. The van der Waals surface area contributed by atoms with Crippen molar-refractivity contribution in [3.63, 3.8) is 0 Å². The molecule has 1 atom stereocenters. The van der Waals surface area contributed by atoms with Crippen LogP contribution in [0.4, 0.5) is 8.78 Å². The highest BCUT2D eigenvalue weighted by atomic mass is 35.5. The van der Waals surface area contributed by atoms with E-state index in [1.54, 1.807) is 18.2 Å². The Bertz CT molecular complexity index is 315. The Morgan fingerprint density at radius 3 is 2.50 bits per heavy atom. The molecule has 78 valence electrons. The molecular formula is C10H12ClF2N. The summed E-state index contributed by atoms with van der Waals surface area (Å²) in [5.41, 5.74) is 6.64. The molecule has 0 spiro atoms. The monoisotopic (exact) mass is 219 g/mol. The van der Waals surface area contributed by atoms with Gasteiger partial charge in [0, 0.05) is 11.6 Å². The third-order valence-corrected chi connectivity index (χ3v) is 2.59. The molecule has 14 heavy (non-hydrogen) atoms. The predicted molar refractivity (Wildman–Crippen MR) is 54.0 cm³/mol. The van der Waals surface area contributed by atoms with Crippen molar-refractivity contribution in [2.24, 2.45) is 5.73 Å². The Hall–Kier alpha value is -0.670. The lowest BCUT2D eigenvalue weighted by molar-refractivity contribution is 0.117. The first kappa shape index (κ1) is 11.4. The normalized spacial score (nSPS) is 13.3. The summed E-state index contributed by atoms with van der Waals surface area (Å²) >= 11 is 5.83. The first-order chi connectivity index (χ1) is 6.56. The molecular weight excluding hydrogens is 208 g/mol. The van der Waals surface area contributed by atoms with Crippen molar-refractivity contribution >= 4 is 11.6 Å². The quantitative estimate of drug-likeness (QED) is 0.831. The van der Waals surface area contributed by atoms with E-state index in [0.29, 0.717) is 10.6 Å². The zero-order chi connectivity index (χ0) is 10.7.